The number of rotatable bonds is 9. The molecule has 29 heavy (non-hydrogen) atoms. The summed E-state index contributed by atoms with van der Waals surface area (Å²) in [4.78, 5) is 4.73. The lowest BCUT2D eigenvalue weighted by molar-refractivity contribution is 0.324. The van der Waals surface area contributed by atoms with Crippen LogP contribution in [0.25, 0.3) is 22.5 Å². The molecule has 0 saturated carbocycles. The largest absolute Gasteiger partial charge is 0.497 e. The van der Waals surface area contributed by atoms with Gasteiger partial charge < -0.3 is 23.5 Å². The summed E-state index contributed by atoms with van der Waals surface area (Å²) in [5.74, 6) is 2.62. The fourth-order valence-electron chi connectivity index (χ4n) is 3.36. The molecule has 0 aliphatic carbocycles. The number of aromatic nitrogens is 2. The summed E-state index contributed by atoms with van der Waals surface area (Å²) in [6.07, 6.45) is 4.06. The molecule has 0 atom stereocenters. The van der Waals surface area contributed by atoms with E-state index in [4.69, 9.17) is 23.9 Å². The van der Waals surface area contributed by atoms with Crippen LogP contribution in [0.3, 0.4) is 0 Å². The smallest absolute Gasteiger partial charge is 0.203 e. The summed E-state index contributed by atoms with van der Waals surface area (Å²) in [6.45, 7) is 3.06. The van der Waals surface area contributed by atoms with Crippen molar-refractivity contribution in [3.05, 3.63) is 42.7 Å². The van der Waals surface area contributed by atoms with E-state index in [0.29, 0.717) is 17.2 Å². The molecule has 6 nitrogen and oxygen atoms in total. The minimum Gasteiger partial charge on any atom is -0.497 e. The quantitative estimate of drug-likeness (QED) is 0.506. The van der Waals surface area contributed by atoms with Crippen molar-refractivity contribution in [2.45, 2.75) is 26.3 Å². The average molecular weight is 396 g/mol. The van der Waals surface area contributed by atoms with E-state index in [0.717, 1.165) is 47.7 Å². The maximum atomic E-state index is 5.56. The van der Waals surface area contributed by atoms with Gasteiger partial charge in [-0.25, -0.2) is 4.98 Å². The molecule has 6 heteroatoms. The molecular formula is C23H28N2O4. The van der Waals surface area contributed by atoms with Gasteiger partial charge in [0.1, 0.15) is 5.75 Å². The second kappa shape index (κ2) is 9.37. The van der Waals surface area contributed by atoms with Gasteiger partial charge >= 0.3 is 0 Å². The van der Waals surface area contributed by atoms with Gasteiger partial charge in [0.25, 0.3) is 0 Å². The number of unbranched alkanes of at least 4 members (excludes halogenated alkanes) is 1. The summed E-state index contributed by atoms with van der Waals surface area (Å²) in [7, 11) is 6.52. The lowest BCUT2D eigenvalue weighted by Crippen LogP contribution is -2.01. The highest BCUT2D eigenvalue weighted by Gasteiger charge is 2.20. The van der Waals surface area contributed by atoms with E-state index in [1.807, 2.05) is 42.7 Å². The summed E-state index contributed by atoms with van der Waals surface area (Å²) in [5, 5.41) is 0. The summed E-state index contributed by atoms with van der Waals surface area (Å²) in [5.41, 5.74) is 3.89. The van der Waals surface area contributed by atoms with Crippen LogP contribution in [0.1, 0.15) is 19.8 Å². The minimum atomic E-state index is 0.573. The average Bonchev–Trinajstić information content (AvgIpc) is 3.20. The van der Waals surface area contributed by atoms with Crippen LogP contribution < -0.4 is 18.9 Å². The van der Waals surface area contributed by atoms with E-state index in [1.54, 1.807) is 28.4 Å². The SMILES string of the molecule is CCCCn1cnc(-c2ccc(OC)cc2)c1-c1cc(OC)c(OC)c(OC)c1. The first-order valence-corrected chi connectivity index (χ1v) is 9.66. The Kier molecular flexibility index (Phi) is 6.65. The van der Waals surface area contributed by atoms with Crippen molar-refractivity contribution in [3.8, 4) is 45.5 Å². The van der Waals surface area contributed by atoms with E-state index >= 15 is 0 Å². The van der Waals surface area contributed by atoms with Gasteiger partial charge in [0.15, 0.2) is 11.5 Å². The molecule has 0 aliphatic rings. The number of benzene rings is 2. The van der Waals surface area contributed by atoms with Gasteiger partial charge in [-0.05, 0) is 42.8 Å². The highest BCUT2D eigenvalue weighted by Crippen LogP contribution is 2.43. The van der Waals surface area contributed by atoms with Crippen LogP contribution in [0.4, 0.5) is 0 Å². The Morgan fingerprint density at radius 2 is 1.48 bits per heavy atom. The summed E-state index contributed by atoms with van der Waals surface area (Å²) < 4.78 is 24.1. The molecule has 0 aliphatic heterocycles. The van der Waals surface area contributed by atoms with Crippen molar-refractivity contribution in [2.24, 2.45) is 0 Å². The summed E-state index contributed by atoms with van der Waals surface area (Å²) in [6, 6.07) is 11.9. The van der Waals surface area contributed by atoms with Crippen molar-refractivity contribution in [1.82, 2.24) is 9.55 Å². The first-order chi connectivity index (χ1) is 14.2. The lowest BCUT2D eigenvalue weighted by Gasteiger charge is -2.16. The fourth-order valence-corrected chi connectivity index (χ4v) is 3.36. The Morgan fingerprint density at radius 1 is 0.828 bits per heavy atom. The molecule has 0 fully saturated rings. The molecular weight excluding hydrogens is 368 g/mol. The highest BCUT2D eigenvalue weighted by atomic mass is 16.5. The van der Waals surface area contributed by atoms with E-state index < -0.39 is 0 Å². The standard InChI is InChI=1S/C23H28N2O4/c1-6-7-12-25-15-24-21(16-8-10-18(26-2)11-9-16)22(25)17-13-19(27-3)23(29-5)20(14-17)28-4/h8-11,13-15H,6-7,12H2,1-5H3. The predicted octanol–water partition coefficient (Wildman–Crippen LogP) is 5.05. The van der Waals surface area contributed by atoms with Crippen LogP contribution in [0, 0.1) is 0 Å². The molecule has 3 aromatic rings. The molecule has 2 aromatic carbocycles. The third-order valence-electron chi connectivity index (χ3n) is 4.89. The topological polar surface area (TPSA) is 54.7 Å². The van der Waals surface area contributed by atoms with Crippen molar-refractivity contribution < 1.29 is 18.9 Å². The first-order valence-electron chi connectivity index (χ1n) is 9.66. The van der Waals surface area contributed by atoms with E-state index in [1.165, 1.54) is 0 Å². The zero-order valence-electron chi connectivity index (χ0n) is 17.7. The molecule has 0 amide bonds. The van der Waals surface area contributed by atoms with Gasteiger partial charge in [0.2, 0.25) is 5.75 Å². The van der Waals surface area contributed by atoms with Crippen molar-refractivity contribution in [1.29, 1.82) is 0 Å². The van der Waals surface area contributed by atoms with Crippen molar-refractivity contribution >= 4 is 0 Å². The van der Waals surface area contributed by atoms with Crippen LogP contribution >= 0.6 is 0 Å². The number of nitrogens with zero attached hydrogens (tertiary/aromatic N) is 2. The number of methoxy groups -OCH3 is 4. The van der Waals surface area contributed by atoms with Crippen molar-refractivity contribution in [3.63, 3.8) is 0 Å². The molecule has 0 bridgehead atoms. The molecule has 0 unspecified atom stereocenters. The van der Waals surface area contributed by atoms with Gasteiger partial charge in [-0.15, -0.1) is 0 Å². The second-order valence-corrected chi connectivity index (χ2v) is 6.63. The number of ether oxygens (including phenoxy) is 4. The molecule has 1 aromatic heterocycles. The first kappa shape index (κ1) is 20.6. The molecule has 0 spiro atoms. The Balaban J connectivity index is 2.19. The Bertz CT molecular complexity index is 923. The van der Waals surface area contributed by atoms with Crippen LogP contribution in [-0.2, 0) is 6.54 Å². The Hall–Kier alpha value is -3.15. The normalized spacial score (nSPS) is 10.7. The van der Waals surface area contributed by atoms with Gasteiger partial charge in [0.05, 0.1) is 46.2 Å². The van der Waals surface area contributed by atoms with E-state index in [-0.39, 0.29) is 0 Å². The number of hydrogen-bond donors (Lipinski definition) is 0. The third-order valence-corrected chi connectivity index (χ3v) is 4.89. The molecule has 1 heterocycles. The van der Waals surface area contributed by atoms with E-state index in [2.05, 4.69) is 11.5 Å². The number of aryl methyl sites for hydroxylation is 1. The molecule has 0 saturated heterocycles. The number of imidazole rings is 1. The molecule has 0 N–H and O–H groups in total. The van der Waals surface area contributed by atoms with Crippen LogP contribution in [0.2, 0.25) is 0 Å². The minimum absolute atomic E-state index is 0.573. The molecule has 3 rings (SSSR count). The Labute approximate surface area is 172 Å². The zero-order valence-corrected chi connectivity index (χ0v) is 17.7. The lowest BCUT2D eigenvalue weighted by atomic mass is 10.0. The summed E-state index contributed by atoms with van der Waals surface area (Å²) >= 11 is 0. The maximum Gasteiger partial charge on any atom is 0.203 e. The monoisotopic (exact) mass is 396 g/mol. The third kappa shape index (κ3) is 4.16. The maximum absolute atomic E-state index is 5.56. The van der Waals surface area contributed by atoms with Crippen LogP contribution in [0.15, 0.2) is 42.7 Å². The molecule has 0 radical (unpaired) electrons. The number of hydrogen-bond acceptors (Lipinski definition) is 5. The second-order valence-electron chi connectivity index (χ2n) is 6.63. The molecule has 154 valence electrons. The predicted molar refractivity (Wildman–Crippen MR) is 114 cm³/mol. The fraction of sp³-hybridized carbons (Fsp3) is 0.348. The van der Waals surface area contributed by atoms with Crippen LogP contribution in [0.5, 0.6) is 23.0 Å². The Morgan fingerprint density at radius 3 is 2.00 bits per heavy atom. The van der Waals surface area contributed by atoms with E-state index in [9.17, 15) is 0 Å². The highest BCUT2D eigenvalue weighted by molar-refractivity contribution is 5.81. The van der Waals surface area contributed by atoms with Crippen LogP contribution in [-0.4, -0.2) is 38.0 Å². The van der Waals surface area contributed by atoms with Gasteiger partial charge in [0, 0.05) is 17.7 Å². The van der Waals surface area contributed by atoms with Crippen molar-refractivity contribution in [2.75, 3.05) is 28.4 Å². The zero-order chi connectivity index (χ0) is 20.8. The van der Waals surface area contributed by atoms with Gasteiger partial charge in [-0.1, -0.05) is 13.3 Å². The van der Waals surface area contributed by atoms with Gasteiger partial charge in [-0.2, -0.15) is 0 Å². The van der Waals surface area contributed by atoms with Gasteiger partial charge in [-0.3, -0.25) is 0 Å².